The molecule has 0 spiro atoms. The second kappa shape index (κ2) is 5.14. The van der Waals surface area contributed by atoms with E-state index in [0.29, 0.717) is 0 Å². The van der Waals surface area contributed by atoms with Gasteiger partial charge in [0.25, 0.3) is 0 Å². The van der Waals surface area contributed by atoms with E-state index in [0.717, 1.165) is 16.0 Å². The van der Waals surface area contributed by atoms with E-state index in [2.05, 4.69) is 0 Å². The first-order valence-electron chi connectivity index (χ1n) is 5.35. The summed E-state index contributed by atoms with van der Waals surface area (Å²) in [6.07, 6.45) is 1.64. The Morgan fingerprint density at radius 3 is 1.78 bits per heavy atom. The third kappa shape index (κ3) is 2.65. The van der Waals surface area contributed by atoms with Crippen LogP contribution < -0.4 is 0 Å². The third-order valence-corrected chi connectivity index (χ3v) is 3.59. The van der Waals surface area contributed by atoms with Crippen molar-refractivity contribution in [1.29, 1.82) is 0 Å². The molecule has 0 heterocycles. The van der Waals surface area contributed by atoms with Crippen molar-refractivity contribution in [1.82, 2.24) is 0 Å². The van der Waals surface area contributed by atoms with Crippen LogP contribution in [0.15, 0.2) is 53.4 Å². The van der Waals surface area contributed by atoms with Crippen LogP contribution in [0.3, 0.4) is 0 Å². The lowest BCUT2D eigenvalue weighted by Crippen LogP contribution is -1.95. The van der Waals surface area contributed by atoms with Crippen LogP contribution in [-0.2, 0) is 10.8 Å². The first-order valence-corrected chi connectivity index (χ1v) is 6.91. The molecule has 0 aromatic heterocycles. The maximum absolute atomic E-state index is 11.3. The summed E-state index contributed by atoms with van der Waals surface area (Å²) in [6, 6.07) is 14.1. The first kappa shape index (κ1) is 12.5. The number of aromatic carboxylic acids is 1. The van der Waals surface area contributed by atoms with Gasteiger partial charge in [0.2, 0.25) is 0 Å². The van der Waals surface area contributed by atoms with E-state index >= 15 is 0 Å². The van der Waals surface area contributed by atoms with Crippen molar-refractivity contribution >= 4 is 16.8 Å². The van der Waals surface area contributed by atoms with E-state index in [4.69, 9.17) is 5.11 Å². The lowest BCUT2D eigenvalue weighted by atomic mass is 10.0. The van der Waals surface area contributed by atoms with Gasteiger partial charge in [0.15, 0.2) is 0 Å². The van der Waals surface area contributed by atoms with Crippen LogP contribution in [0.25, 0.3) is 11.1 Å². The molecule has 0 aliphatic carbocycles. The Balaban J connectivity index is 2.31. The minimum absolute atomic E-state index is 0.269. The Morgan fingerprint density at radius 2 is 1.39 bits per heavy atom. The highest BCUT2D eigenvalue weighted by Gasteiger charge is 2.03. The van der Waals surface area contributed by atoms with E-state index in [1.165, 1.54) is 0 Å². The fourth-order valence-electron chi connectivity index (χ4n) is 1.64. The topological polar surface area (TPSA) is 54.4 Å². The summed E-state index contributed by atoms with van der Waals surface area (Å²) in [5, 5.41) is 8.81. The molecule has 2 aromatic carbocycles. The predicted molar refractivity (Wildman–Crippen MR) is 71.2 cm³/mol. The van der Waals surface area contributed by atoms with Gasteiger partial charge < -0.3 is 5.11 Å². The molecule has 0 fully saturated rings. The number of hydrogen-bond donors (Lipinski definition) is 1. The zero-order valence-electron chi connectivity index (χ0n) is 9.79. The zero-order chi connectivity index (χ0) is 13.1. The van der Waals surface area contributed by atoms with Crippen LogP contribution in [0.4, 0.5) is 0 Å². The van der Waals surface area contributed by atoms with E-state index in [1.807, 2.05) is 24.3 Å². The van der Waals surface area contributed by atoms with Gasteiger partial charge in [-0.1, -0.05) is 24.3 Å². The van der Waals surface area contributed by atoms with Gasteiger partial charge in [-0.2, -0.15) is 0 Å². The smallest absolute Gasteiger partial charge is 0.335 e. The SMILES string of the molecule is CS(=O)c1ccc(-c2ccc(C(=O)O)cc2)cc1. The lowest BCUT2D eigenvalue weighted by molar-refractivity contribution is 0.0697. The summed E-state index contributed by atoms with van der Waals surface area (Å²) < 4.78 is 11.3. The first-order chi connectivity index (χ1) is 8.58. The largest absolute Gasteiger partial charge is 0.478 e. The molecule has 18 heavy (non-hydrogen) atoms. The van der Waals surface area contributed by atoms with Gasteiger partial charge in [-0.3, -0.25) is 4.21 Å². The Kier molecular flexibility index (Phi) is 3.58. The minimum atomic E-state index is -0.981. The molecule has 2 aromatic rings. The van der Waals surface area contributed by atoms with Crippen molar-refractivity contribution in [2.45, 2.75) is 4.90 Å². The van der Waals surface area contributed by atoms with Gasteiger partial charge in [0.05, 0.1) is 5.56 Å². The highest BCUT2D eigenvalue weighted by atomic mass is 32.2. The van der Waals surface area contributed by atoms with Crippen LogP contribution in [-0.4, -0.2) is 21.5 Å². The van der Waals surface area contributed by atoms with Crippen LogP contribution in [0.1, 0.15) is 10.4 Å². The second-order valence-electron chi connectivity index (χ2n) is 3.86. The third-order valence-electron chi connectivity index (χ3n) is 2.65. The summed E-state index contributed by atoms with van der Waals surface area (Å²) in [6.45, 7) is 0. The molecule has 3 nitrogen and oxygen atoms in total. The van der Waals surface area contributed by atoms with Crippen LogP contribution in [0.5, 0.6) is 0 Å². The molecule has 0 aliphatic heterocycles. The zero-order valence-corrected chi connectivity index (χ0v) is 10.6. The Labute approximate surface area is 108 Å². The molecule has 2 rings (SSSR count). The van der Waals surface area contributed by atoms with Crippen molar-refractivity contribution in [3.8, 4) is 11.1 Å². The fraction of sp³-hybridized carbons (Fsp3) is 0.0714. The summed E-state index contributed by atoms with van der Waals surface area (Å²) in [5.74, 6) is -0.932. The monoisotopic (exact) mass is 260 g/mol. The van der Waals surface area contributed by atoms with Gasteiger partial charge in [-0.05, 0) is 35.4 Å². The van der Waals surface area contributed by atoms with Crippen molar-refractivity contribution in [2.24, 2.45) is 0 Å². The maximum atomic E-state index is 11.3. The predicted octanol–water partition coefficient (Wildman–Crippen LogP) is 2.79. The maximum Gasteiger partial charge on any atom is 0.335 e. The quantitative estimate of drug-likeness (QED) is 0.923. The molecule has 0 bridgehead atoms. The number of carbonyl (C=O) groups is 1. The van der Waals surface area contributed by atoms with Crippen LogP contribution >= 0.6 is 0 Å². The van der Waals surface area contributed by atoms with Crippen molar-refractivity contribution in [3.05, 3.63) is 54.1 Å². The molecule has 92 valence electrons. The lowest BCUT2D eigenvalue weighted by Gasteiger charge is -2.03. The van der Waals surface area contributed by atoms with E-state index in [1.54, 1.807) is 30.5 Å². The normalized spacial score (nSPS) is 12.1. The van der Waals surface area contributed by atoms with Gasteiger partial charge in [-0.15, -0.1) is 0 Å². The minimum Gasteiger partial charge on any atom is -0.478 e. The Hall–Kier alpha value is -1.94. The summed E-state index contributed by atoms with van der Waals surface area (Å²) in [4.78, 5) is 11.5. The number of carboxylic acids is 1. The molecular weight excluding hydrogens is 248 g/mol. The molecule has 0 saturated carbocycles. The van der Waals surface area contributed by atoms with Crippen LogP contribution in [0, 0.1) is 0 Å². The molecule has 4 heteroatoms. The van der Waals surface area contributed by atoms with Gasteiger partial charge in [0.1, 0.15) is 0 Å². The molecular formula is C14H12O3S. The number of benzene rings is 2. The Bertz CT molecular complexity index is 530. The van der Waals surface area contributed by atoms with Gasteiger partial charge in [-0.25, -0.2) is 4.79 Å². The van der Waals surface area contributed by atoms with Crippen molar-refractivity contribution in [3.63, 3.8) is 0 Å². The molecule has 1 atom stereocenters. The van der Waals surface area contributed by atoms with Crippen molar-refractivity contribution < 1.29 is 14.1 Å². The standard InChI is InChI=1S/C14H12O3S/c1-18(17)13-8-6-11(7-9-13)10-2-4-12(5-3-10)14(15)16/h2-9H,1H3,(H,15,16). The van der Waals surface area contributed by atoms with E-state index < -0.39 is 16.8 Å². The van der Waals surface area contributed by atoms with E-state index in [-0.39, 0.29) is 5.56 Å². The second-order valence-corrected chi connectivity index (χ2v) is 5.24. The summed E-state index contributed by atoms with van der Waals surface area (Å²) in [7, 11) is -0.981. The molecule has 1 N–H and O–H groups in total. The summed E-state index contributed by atoms with van der Waals surface area (Å²) >= 11 is 0. The molecule has 0 saturated heterocycles. The molecule has 0 aliphatic rings. The fourth-order valence-corrected chi connectivity index (χ4v) is 2.16. The molecule has 1 unspecified atom stereocenters. The highest BCUT2D eigenvalue weighted by molar-refractivity contribution is 7.84. The summed E-state index contributed by atoms with van der Waals surface area (Å²) in [5.41, 5.74) is 2.18. The molecule has 0 radical (unpaired) electrons. The Morgan fingerprint density at radius 1 is 0.944 bits per heavy atom. The number of rotatable bonds is 3. The van der Waals surface area contributed by atoms with Crippen molar-refractivity contribution in [2.75, 3.05) is 6.26 Å². The van der Waals surface area contributed by atoms with Gasteiger partial charge in [0, 0.05) is 22.0 Å². The number of carboxylic acid groups (broad SMARTS) is 1. The molecule has 0 amide bonds. The average Bonchev–Trinajstić information content (AvgIpc) is 2.39. The van der Waals surface area contributed by atoms with Crippen LogP contribution in [0.2, 0.25) is 0 Å². The van der Waals surface area contributed by atoms with E-state index in [9.17, 15) is 9.00 Å². The van der Waals surface area contributed by atoms with Gasteiger partial charge >= 0.3 is 5.97 Å². The highest BCUT2D eigenvalue weighted by Crippen LogP contribution is 2.21. The number of hydrogen-bond acceptors (Lipinski definition) is 2. The average molecular weight is 260 g/mol.